The van der Waals surface area contributed by atoms with Gasteiger partial charge in [0, 0.05) is 0 Å². The van der Waals surface area contributed by atoms with Gasteiger partial charge in [-0.3, -0.25) is 0 Å². The van der Waals surface area contributed by atoms with Gasteiger partial charge in [-0.05, 0) is 12.1 Å². The fourth-order valence-electron chi connectivity index (χ4n) is 0.689. The fourth-order valence-corrected chi connectivity index (χ4v) is 1.38. The Morgan fingerprint density at radius 1 is 1.08 bits per heavy atom. The van der Waals surface area contributed by atoms with Crippen molar-refractivity contribution >= 4 is 10.0 Å². The van der Waals surface area contributed by atoms with Crippen molar-refractivity contribution in [2.45, 2.75) is 4.90 Å². The summed E-state index contributed by atoms with van der Waals surface area (Å²) in [4.78, 5) is -0.384. The monoisotopic (exact) mass is 194 g/mol. The van der Waals surface area contributed by atoms with Crippen LogP contribution in [-0.4, -0.2) is 8.42 Å². The Morgan fingerprint density at radius 2 is 1.58 bits per heavy atom. The largest absolute Gasteiger partial charge is 0.397 e. The van der Waals surface area contributed by atoms with Gasteiger partial charge < -0.3 is 0 Å². The lowest BCUT2D eigenvalue weighted by Gasteiger charge is -1.96. The van der Waals surface area contributed by atoms with Crippen LogP contribution < -0.4 is 4.75 Å². The maximum atomic E-state index is 11.8. The van der Waals surface area contributed by atoms with E-state index < -0.39 is 14.8 Å². The topological polar surface area (TPSA) is 38.6 Å². The smallest absolute Gasteiger partial charge is 0.161 e. The number of nitrogens with one attached hydrogen (secondary N) is 1. The second-order valence-corrected chi connectivity index (χ2v) is 3.83. The molecule has 0 fully saturated rings. The van der Waals surface area contributed by atoms with E-state index in [-0.39, 0.29) is 4.90 Å². The van der Waals surface area contributed by atoms with Gasteiger partial charge in [-0.2, -0.15) is 8.42 Å². The predicted molar refractivity (Wildman–Crippen MR) is 36.8 cm³/mol. The van der Waals surface area contributed by atoms with Crippen LogP contribution >= 0.6 is 0 Å². The number of quaternary nitrogens is 1. The van der Waals surface area contributed by atoms with E-state index in [1.54, 1.807) is 6.07 Å². The summed E-state index contributed by atoms with van der Waals surface area (Å²) in [5.41, 5.74) is 0. The van der Waals surface area contributed by atoms with Gasteiger partial charge in [0.2, 0.25) is 0 Å². The van der Waals surface area contributed by atoms with Crippen LogP contribution in [0.1, 0.15) is 0 Å². The Kier molecular flexibility index (Phi) is 2.39. The Bertz CT molecular complexity index is 349. The van der Waals surface area contributed by atoms with Crippen LogP contribution in [0.5, 0.6) is 0 Å². The number of sulfonamides is 1. The molecular weight excluding hydrogens is 188 g/mol. The van der Waals surface area contributed by atoms with Crippen LogP contribution in [0.2, 0.25) is 0 Å². The average molecular weight is 194 g/mol. The minimum atomic E-state index is -4.49. The van der Waals surface area contributed by atoms with E-state index in [9.17, 15) is 17.4 Å². The number of halogens is 2. The lowest BCUT2D eigenvalue weighted by Crippen LogP contribution is -2.98. The van der Waals surface area contributed by atoms with Crippen LogP contribution in [0.3, 0.4) is 0 Å². The molecule has 0 aliphatic heterocycles. The van der Waals surface area contributed by atoms with E-state index >= 15 is 0 Å². The second kappa shape index (κ2) is 3.16. The van der Waals surface area contributed by atoms with Gasteiger partial charge >= 0.3 is 10.0 Å². The minimum absolute atomic E-state index is 0.384. The standard InChI is InChI=1S/C6H5F2NO2S/c7-9(8)12(10,11)6-4-2-1-3-5-6/h1-5H/p+1. The Labute approximate surface area is 68.2 Å². The molecule has 0 unspecified atom stereocenters. The van der Waals surface area contributed by atoms with Crippen LogP contribution in [0, 0.1) is 0 Å². The number of rotatable bonds is 2. The molecule has 1 aromatic carbocycles. The molecule has 1 aromatic rings. The zero-order valence-corrected chi connectivity index (χ0v) is 6.68. The molecule has 0 aliphatic rings. The molecule has 0 radical (unpaired) electrons. The molecule has 3 nitrogen and oxygen atoms in total. The van der Waals surface area contributed by atoms with E-state index in [1.165, 1.54) is 12.1 Å². The third-order valence-electron chi connectivity index (χ3n) is 1.26. The molecule has 0 spiro atoms. The van der Waals surface area contributed by atoms with E-state index in [2.05, 4.69) is 0 Å². The van der Waals surface area contributed by atoms with Gasteiger partial charge in [-0.1, -0.05) is 18.2 Å². The molecule has 0 aliphatic carbocycles. The minimum Gasteiger partial charge on any atom is -0.161 e. The lowest BCUT2D eigenvalue weighted by molar-refractivity contribution is -1.06. The van der Waals surface area contributed by atoms with Gasteiger partial charge in [0.1, 0.15) is 4.90 Å². The van der Waals surface area contributed by atoms with Crippen molar-refractivity contribution in [3.05, 3.63) is 30.3 Å². The molecule has 0 atom stereocenters. The summed E-state index contributed by atoms with van der Waals surface area (Å²) < 4.78 is 42.6. The first-order valence-electron chi connectivity index (χ1n) is 3.03. The summed E-state index contributed by atoms with van der Waals surface area (Å²) in [5.74, 6) is 0. The molecule has 1 N–H and O–H groups in total. The first-order chi connectivity index (χ1) is 5.55. The van der Waals surface area contributed by atoms with E-state index in [4.69, 9.17) is 0 Å². The van der Waals surface area contributed by atoms with Crippen molar-refractivity contribution in [2.24, 2.45) is 0 Å². The summed E-state index contributed by atoms with van der Waals surface area (Å²) in [7, 11) is -4.49. The molecule has 1 rings (SSSR count). The van der Waals surface area contributed by atoms with Crippen molar-refractivity contribution in [1.29, 1.82) is 0 Å². The van der Waals surface area contributed by atoms with Crippen molar-refractivity contribution in [3.8, 4) is 0 Å². The van der Waals surface area contributed by atoms with Crippen LogP contribution in [0.4, 0.5) is 8.96 Å². The van der Waals surface area contributed by atoms with Gasteiger partial charge in [0.15, 0.2) is 4.75 Å². The third kappa shape index (κ3) is 1.59. The quantitative estimate of drug-likeness (QED) is 0.674. The van der Waals surface area contributed by atoms with E-state index in [1.807, 2.05) is 0 Å². The molecular formula is C6H6F2NO2S+. The Balaban J connectivity index is 3.17. The SMILES string of the molecule is O=S(=O)(c1ccccc1)[NH+](F)F. The van der Waals surface area contributed by atoms with Crippen LogP contribution in [0.25, 0.3) is 0 Å². The molecule has 0 amide bonds. The average Bonchev–Trinajstić information content (AvgIpc) is 2.06. The normalized spacial score (nSPS) is 11.9. The molecule has 0 bridgehead atoms. The van der Waals surface area contributed by atoms with E-state index in [0.29, 0.717) is 0 Å². The van der Waals surface area contributed by atoms with Gasteiger partial charge in [0.05, 0.1) is 8.96 Å². The summed E-state index contributed by atoms with van der Waals surface area (Å²) in [5, 5.41) is 0. The maximum Gasteiger partial charge on any atom is 0.397 e. The third-order valence-corrected chi connectivity index (χ3v) is 2.56. The Morgan fingerprint density at radius 3 is 2.00 bits per heavy atom. The van der Waals surface area contributed by atoms with Crippen molar-refractivity contribution in [3.63, 3.8) is 0 Å². The van der Waals surface area contributed by atoms with Crippen LogP contribution in [0.15, 0.2) is 35.2 Å². The van der Waals surface area contributed by atoms with Gasteiger partial charge in [-0.25, -0.2) is 0 Å². The summed E-state index contributed by atoms with van der Waals surface area (Å²) in [6, 6.07) is 6.56. The molecule has 66 valence electrons. The molecule has 6 heteroatoms. The predicted octanol–water partition coefficient (Wildman–Crippen LogP) is 0.0292. The highest BCUT2D eigenvalue weighted by atomic mass is 32.2. The highest BCUT2D eigenvalue weighted by molar-refractivity contribution is 7.85. The summed E-state index contributed by atoms with van der Waals surface area (Å²) in [6.07, 6.45) is 0. The van der Waals surface area contributed by atoms with Crippen molar-refractivity contribution in [1.82, 2.24) is 0 Å². The van der Waals surface area contributed by atoms with Crippen molar-refractivity contribution in [2.75, 3.05) is 0 Å². The summed E-state index contributed by atoms with van der Waals surface area (Å²) >= 11 is 0. The van der Waals surface area contributed by atoms with Gasteiger partial charge in [-0.15, -0.1) is 0 Å². The number of hydrogen-bond donors (Lipinski definition) is 1. The highest BCUT2D eigenvalue weighted by Crippen LogP contribution is 2.03. The summed E-state index contributed by atoms with van der Waals surface area (Å²) in [6.45, 7) is 0. The van der Waals surface area contributed by atoms with E-state index in [0.717, 1.165) is 12.1 Å². The number of hydrogen-bond acceptors (Lipinski definition) is 2. The van der Waals surface area contributed by atoms with Crippen molar-refractivity contribution < 1.29 is 22.1 Å². The number of benzene rings is 1. The molecule has 0 aromatic heterocycles. The first-order valence-corrected chi connectivity index (χ1v) is 4.51. The highest BCUT2D eigenvalue weighted by Gasteiger charge is 2.29. The van der Waals surface area contributed by atoms with Gasteiger partial charge in [0.25, 0.3) is 0 Å². The molecule has 0 heterocycles. The Hall–Kier alpha value is -1.01. The maximum absolute atomic E-state index is 11.8. The zero-order chi connectivity index (χ0) is 9.19. The first kappa shape index (κ1) is 9.08. The fraction of sp³-hybridized carbons (Fsp3) is 0. The zero-order valence-electron chi connectivity index (χ0n) is 5.87. The molecule has 12 heavy (non-hydrogen) atoms. The molecule has 0 saturated heterocycles. The van der Waals surface area contributed by atoms with Crippen LogP contribution in [-0.2, 0) is 10.0 Å². The lowest BCUT2D eigenvalue weighted by atomic mass is 10.4. The second-order valence-electron chi connectivity index (χ2n) is 2.04. The molecule has 0 saturated carbocycles.